The molecule has 2 amide bonds. The minimum atomic E-state index is -0.125. The van der Waals surface area contributed by atoms with Crippen molar-refractivity contribution in [2.45, 2.75) is 71.3 Å². The van der Waals surface area contributed by atoms with Crippen LogP contribution in [-0.4, -0.2) is 130 Å². The zero-order chi connectivity index (χ0) is 53.3. The van der Waals surface area contributed by atoms with Crippen molar-refractivity contribution in [2.24, 2.45) is 20.8 Å². The Bertz CT molecular complexity index is 3380. The Kier molecular flexibility index (Phi) is 14.6. The molecule has 2 N–H and O–H groups in total. The zero-order valence-electron chi connectivity index (χ0n) is 44.6. The van der Waals surface area contributed by atoms with Crippen LogP contribution in [0.5, 0.6) is 40.2 Å². The molecule has 0 saturated carbocycles. The van der Waals surface area contributed by atoms with Gasteiger partial charge in [0.15, 0.2) is 23.0 Å². The lowest BCUT2D eigenvalue weighted by molar-refractivity contribution is -0.211. The lowest BCUT2D eigenvalue weighted by Gasteiger charge is -2.53. The van der Waals surface area contributed by atoms with Gasteiger partial charge in [0.1, 0.15) is 17.2 Å². The summed E-state index contributed by atoms with van der Waals surface area (Å²) >= 11 is 0. The SMILES string of the molecule is C=Nc1cc(OCCCC(=O)N2CCC3(CC2)COC3c2c(C)[nH]c3ccc(Oc4ccnc5cc(OCCCC(=O)N6CCC7(CC6)COC7)c(OC)cc45)cc23)c(OC)cc1C(=NC)Oc1ccc2[nH]c(C)cc2c1. The minimum absolute atomic E-state index is 0.0889. The molecule has 17 heteroatoms. The summed E-state index contributed by atoms with van der Waals surface area (Å²) in [6, 6.07) is 23.1. The summed E-state index contributed by atoms with van der Waals surface area (Å²) in [5.74, 6) is 4.67. The van der Waals surface area contributed by atoms with E-state index in [1.807, 2.05) is 65.3 Å². The van der Waals surface area contributed by atoms with Crippen molar-refractivity contribution in [3.8, 4) is 40.2 Å². The number of aromatic amines is 2. The molecule has 7 aromatic rings. The Hall–Kier alpha value is -7.63. The average Bonchev–Trinajstić information content (AvgIpc) is 3.97. The molecule has 1 atom stereocenters. The van der Waals surface area contributed by atoms with Gasteiger partial charge in [-0.15, -0.1) is 0 Å². The first-order valence-corrected chi connectivity index (χ1v) is 26.7. The lowest BCUT2D eigenvalue weighted by Crippen LogP contribution is -2.53. The third kappa shape index (κ3) is 10.4. The Balaban J connectivity index is 0.682. The summed E-state index contributed by atoms with van der Waals surface area (Å²) in [7, 11) is 4.85. The molecule has 17 nitrogen and oxygen atoms in total. The third-order valence-corrected chi connectivity index (χ3v) is 16.1. The molecular formula is C60H67N7O10. The maximum absolute atomic E-state index is 13.6. The van der Waals surface area contributed by atoms with Crippen LogP contribution in [0.1, 0.15) is 80.0 Å². The maximum atomic E-state index is 13.6. The monoisotopic (exact) mass is 1050 g/mol. The van der Waals surface area contributed by atoms with Crippen molar-refractivity contribution in [3.63, 3.8) is 0 Å². The van der Waals surface area contributed by atoms with E-state index in [0.717, 1.165) is 96.1 Å². The van der Waals surface area contributed by atoms with Gasteiger partial charge in [-0.3, -0.25) is 24.6 Å². The van der Waals surface area contributed by atoms with Gasteiger partial charge < -0.3 is 57.7 Å². The number of nitrogens with one attached hydrogen (secondary N) is 2. The first-order valence-electron chi connectivity index (χ1n) is 26.7. The number of likely N-dealkylation sites (tertiary alicyclic amines) is 2. The number of hydrogen-bond acceptors (Lipinski definition) is 13. The second-order valence-electron chi connectivity index (χ2n) is 21.0. The van der Waals surface area contributed by atoms with Crippen molar-refractivity contribution in [2.75, 3.05) is 80.5 Å². The molecule has 4 saturated heterocycles. The van der Waals surface area contributed by atoms with E-state index in [1.165, 1.54) is 0 Å². The number of aromatic nitrogens is 3. The highest BCUT2D eigenvalue weighted by atomic mass is 16.5. The van der Waals surface area contributed by atoms with Crippen LogP contribution in [0.2, 0.25) is 0 Å². The van der Waals surface area contributed by atoms with Gasteiger partial charge in [0.2, 0.25) is 17.7 Å². The zero-order valence-corrected chi connectivity index (χ0v) is 44.6. The van der Waals surface area contributed by atoms with Crippen molar-refractivity contribution in [3.05, 3.63) is 102 Å². The molecule has 0 bridgehead atoms. The van der Waals surface area contributed by atoms with E-state index in [0.29, 0.717) is 127 Å². The lowest BCUT2D eigenvalue weighted by atomic mass is 9.68. The normalized spacial score (nSPS) is 17.8. The van der Waals surface area contributed by atoms with Crippen molar-refractivity contribution < 1.29 is 47.5 Å². The van der Waals surface area contributed by atoms with Gasteiger partial charge in [-0.25, -0.2) is 0 Å². The number of hydrogen-bond donors (Lipinski definition) is 2. The highest BCUT2D eigenvalue weighted by molar-refractivity contribution is 6.01. The van der Waals surface area contributed by atoms with E-state index in [1.54, 1.807) is 39.6 Å². The second kappa shape index (κ2) is 21.8. The summed E-state index contributed by atoms with van der Waals surface area (Å²) in [6.07, 6.45) is 7.21. The maximum Gasteiger partial charge on any atom is 0.224 e. The number of methoxy groups -OCH3 is 2. The van der Waals surface area contributed by atoms with Crippen LogP contribution in [0.3, 0.4) is 0 Å². The molecule has 1 unspecified atom stereocenters. The fraction of sp³-hybridized carbons (Fsp3) is 0.417. The number of pyridine rings is 1. The predicted octanol–water partition coefficient (Wildman–Crippen LogP) is 10.7. The van der Waals surface area contributed by atoms with Gasteiger partial charge in [-0.1, -0.05) is 0 Å². The van der Waals surface area contributed by atoms with Crippen molar-refractivity contribution in [1.29, 1.82) is 0 Å². The minimum Gasteiger partial charge on any atom is -0.493 e. The fourth-order valence-corrected chi connectivity index (χ4v) is 11.6. The summed E-state index contributed by atoms with van der Waals surface area (Å²) in [4.78, 5) is 50.8. The second-order valence-corrected chi connectivity index (χ2v) is 21.0. The number of ether oxygens (including phenoxy) is 8. The molecule has 0 radical (unpaired) electrons. The molecule has 4 fully saturated rings. The van der Waals surface area contributed by atoms with Crippen molar-refractivity contribution in [1.82, 2.24) is 24.8 Å². The van der Waals surface area contributed by atoms with E-state index in [9.17, 15) is 9.59 Å². The number of fused-ring (bicyclic) bond motifs is 3. The molecule has 4 aromatic carbocycles. The Morgan fingerprint density at radius 2 is 1.42 bits per heavy atom. The quantitative estimate of drug-likeness (QED) is 0.0474. The average molecular weight is 1050 g/mol. The van der Waals surface area contributed by atoms with Crippen molar-refractivity contribution >= 4 is 62.8 Å². The molecule has 2 spiro atoms. The summed E-state index contributed by atoms with van der Waals surface area (Å²) in [5, 5.41) is 2.85. The topological polar surface area (TPSA) is 184 Å². The molecule has 4 aliphatic rings. The number of nitrogens with zero attached hydrogens (tertiary/aromatic N) is 5. The number of rotatable bonds is 18. The number of aliphatic imine (C=N–C) groups is 2. The molecule has 402 valence electrons. The van der Waals surface area contributed by atoms with Crippen LogP contribution < -0.4 is 28.4 Å². The standard InChI is InChI=1S/C60H67N7O10/c1-37-27-39-28-40(11-13-45(39)64-37)77-58(62-4)44-31-51(71-6)52(32-47(44)61-3)73-25-8-10-55(69)67-23-18-60(19-24-67)36-75-57(60)56-38(2)65-46-14-12-41(29-43(46)56)76-49-15-20-63-48-33-53(50(70-5)30-42(48)49)74-26-7-9-54(68)66-21-16-59(17-22-66)34-72-35-59/h11-15,20,27-33,57,64-65H,3,7-10,16-19,21-26,34-36H2,1-2,4-6H3. The number of H-pyrrole nitrogens is 2. The van der Waals surface area contributed by atoms with E-state index in [2.05, 4.69) is 50.7 Å². The van der Waals surface area contributed by atoms with E-state index >= 15 is 0 Å². The largest absolute Gasteiger partial charge is 0.493 e. The molecule has 4 aliphatic heterocycles. The van der Waals surface area contributed by atoms with Crippen LogP contribution >= 0.6 is 0 Å². The number of amides is 2. The third-order valence-electron chi connectivity index (χ3n) is 16.1. The number of aryl methyl sites for hydroxylation is 2. The summed E-state index contributed by atoms with van der Waals surface area (Å²) in [5.41, 5.74) is 7.30. The van der Waals surface area contributed by atoms with Crippen LogP contribution in [0, 0.1) is 24.7 Å². The smallest absolute Gasteiger partial charge is 0.224 e. The van der Waals surface area contributed by atoms with E-state index in [4.69, 9.17) is 37.9 Å². The predicted molar refractivity (Wildman–Crippen MR) is 295 cm³/mol. The van der Waals surface area contributed by atoms with Crippen LogP contribution in [-0.2, 0) is 19.1 Å². The van der Waals surface area contributed by atoms with Gasteiger partial charge in [-0.05, 0) is 120 Å². The van der Waals surface area contributed by atoms with Crippen LogP contribution in [0.25, 0.3) is 32.7 Å². The van der Waals surface area contributed by atoms with E-state index < -0.39 is 0 Å². The number of carbonyl (C=O) groups excluding carboxylic acids is 2. The van der Waals surface area contributed by atoms with E-state index in [-0.39, 0.29) is 23.3 Å². The Morgan fingerprint density at radius 3 is 2.06 bits per heavy atom. The van der Waals surface area contributed by atoms with Gasteiger partial charge >= 0.3 is 0 Å². The first-order chi connectivity index (χ1) is 37.5. The first kappa shape index (κ1) is 51.5. The highest BCUT2D eigenvalue weighted by Crippen LogP contribution is 2.55. The summed E-state index contributed by atoms with van der Waals surface area (Å²) < 4.78 is 48.7. The highest BCUT2D eigenvalue weighted by Gasteiger charge is 2.52. The number of carbonyl (C=O) groups is 2. The molecule has 0 aliphatic carbocycles. The molecular weight excluding hydrogens is 979 g/mol. The molecule has 11 rings (SSSR count). The number of piperidine rings is 2. The van der Waals surface area contributed by atoms with Gasteiger partial charge in [0.05, 0.1) is 70.1 Å². The molecule has 77 heavy (non-hydrogen) atoms. The molecule has 7 heterocycles. The summed E-state index contributed by atoms with van der Waals surface area (Å²) in [6.45, 7) is 13.8. The Morgan fingerprint density at radius 1 is 0.740 bits per heavy atom. The fourth-order valence-electron chi connectivity index (χ4n) is 11.6. The van der Waals surface area contributed by atoms with Gasteiger partial charge in [0.25, 0.3) is 0 Å². The molecule has 3 aromatic heterocycles. The van der Waals surface area contributed by atoms with Gasteiger partial charge in [0, 0.05) is 119 Å². The number of benzene rings is 4. The van der Waals surface area contributed by atoms with Crippen LogP contribution in [0.4, 0.5) is 5.69 Å². The van der Waals surface area contributed by atoms with Gasteiger partial charge in [-0.2, -0.15) is 0 Å². The Labute approximate surface area is 447 Å². The van der Waals surface area contributed by atoms with Crippen LogP contribution in [0.15, 0.2) is 89.0 Å².